The zero-order valence-corrected chi connectivity index (χ0v) is 20.3. The van der Waals surface area contributed by atoms with E-state index in [0.29, 0.717) is 10.4 Å². The van der Waals surface area contributed by atoms with Gasteiger partial charge in [-0.2, -0.15) is 0 Å². The lowest BCUT2D eigenvalue weighted by Gasteiger charge is -2.18. The van der Waals surface area contributed by atoms with Gasteiger partial charge >= 0.3 is 0 Å². The van der Waals surface area contributed by atoms with Crippen molar-refractivity contribution in [3.05, 3.63) is 112 Å². The van der Waals surface area contributed by atoms with Gasteiger partial charge in [-0.25, -0.2) is 0 Å². The second-order valence-corrected chi connectivity index (χ2v) is 9.04. The lowest BCUT2D eigenvalue weighted by atomic mass is 10.1. The van der Waals surface area contributed by atoms with Crippen molar-refractivity contribution in [2.24, 2.45) is 0 Å². The third kappa shape index (κ3) is 5.67. The fourth-order valence-corrected chi connectivity index (χ4v) is 4.56. The number of amides is 3. The largest absolute Gasteiger partial charge is 0.339 e. The van der Waals surface area contributed by atoms with E-state index in [-0.39, 0.29) is 12.3 Å². The molecule has 4 aromatic rings. The summed E-state index contributed by atoms with van der Waals surface area (Å²) in [5.41, 5.74) is 8.94. The second-order valence-electron chi connectivity index (χ2n) is 8.09. The van der Waals surface area contributed by atoms with E-state index >= 15 is 0 Å². The zero-order valence-electron chi connectivity index (χ0n) is 19.4. The predicted octanol–water partition coefficient (Wildman–Crippen LogP) is 3.96. The summed E-state index contributed by atoms with van der Waals surface area (Å²) in [6.45, 7) is 3.78. The van der Waals surface area contributed by atoms with Crippen molar-refractivity contribution in [2.45, 2.75) is 26.3 Å². The molecule has 4 rings (SSSR count). The third-order valence-corrected chi connectivity index (χ3v) is 6.51. The zero-order chi connectivity index (χ0) is 24.8. The van der Waals surface area contributed by atoms with E-state index in [9.17, 15) is 14.4 Å². The van der Waals surface area contributed by atoms with Crippen molar-refractivity contribution < 1.29 is 14.4 Å². The number of hydrogen-bond acceptors (Lipinski definition) is 4. The van der Waals surface area contributed by atoms with E-state index < -0.39 is 17.9 Å². The number of nitrogens with one attached hydrogen (secondary N) is 3. The van der Waals surface area contributed by atoms with Crippen LogP contribution in [0.5, 0.6) is 0 Å². The molecule has 3 amide bonds. The molecule has 0 radical (unpaired) electrons. The minimum Gasteiger partial charge on any atom is -0.339 e. The molecule has 0 unspecified atom stereocenters. The Labute approximate surface area is 207 Å². The third-order valence-electron chi connectivity index (χ3n) is 5.64. The summed E-state index contributed by atoms with van der Waals surface area (Å²) < 4.78 is 1.98. The van der Waals surface area contributed by atoms with Crippen LogP contribution in [0.15, 0.2) is 84.2 Å². The molecule has 2 heterocycles. The molecule has 7 nitrogen and oxygen atoms in total. The van der Waals surface area contributed by atoms with Crippen LogP contribution < -0.4 is 16.2 Å². The van der Waals surface area contributed by atoms with Gasteiger partial charge in [-0.05, 0) is 49.1 Å². The van der Waals surface area contributed by atoms with E-state index in [0.717, 1.165) is 22.6 Å². The van der Waals surface area contributed by atoms with Crippen molar-refractivity contribution >= 4 is 29.1 Å². The molecular formula is C27H26N4O3S. The number of thiophene rings is 1. The molecule has 0 spiro atoms. The van der Waals surface area contributed by atoms with Crippen molar-refractivity contribution in [1.82, 2.24) is 20.7 Å². The highest BCUT2D eigenvalue weighted by atomic mass is 32.1. The van der Waals surface area contributed by atoms with Gasteiger partial charge in [0.1, 0.15) is 6.04 Å². The Kier molecular flexibility index (Phi) is 7.42. The molecule has 0 fully saturated rings. The lowest BCUT2D eigenvalue weighted by molar-refractivity contribution is -0.123. The quantitative estimate of drug-likeness (QED) is 0.345. The summed E-state index contributed by atoms with van der Waals surface area (Å²) in [5, 5.41) is 4.58. The number of carbonyl (C=O) groups is 3. The van der Waals surface area contributed by atoms with Gasteiger partial charge in [0, 0.05) is 23.5 Å². The first-order chi connectivity index (χ1) is 16.9. The molecular weight excluding hydrogens is 460 g/mol. The topological polar surface area (TPSA) is 92.2 Å². The van der Waals surface area contributed by atoms with Crippen LogP contribution in [0.2, 0.25) is 0 Å². The number of hydrazine groups is 1. The monoisotopic (exact) mass is 486 g/mol. The first kappa shape index (κ1) is 24.0. The predicted molar refractivity (Wildman–Crippen MR) is 137 cm³/mol. The van der Waals surface area contributed by atoms with Gasteiger partial charge in [-0.3, -0.25) is 25.2 Å². The van der Waals surface area contributed by atoms with Gasteiger partial charge in [0.25, 0.3) is 17.7 Å². The Bertz CT molecular complexity index is 1320. The van der Waals surface area contributed by atoms with Crippen LogP contribution in [-0.4, -0.2) is 28.3 Å². The summed E-state index contributed by atoms with van der Waals surface area (Å²) in [4.78, 5) is 39.1. The van der Waals surface area contributed by atoms with Gasteiger partial charge in [0.05, 0.1) is 10.4 Å². The van der Waals surface area contributed by atoms with Crippen LogP contribution in [-0.2, 0) is 11.2 Å². The molecule has 2 aromatic carbocycles. The molecule has 0 bridgehead atoms. The Balaban J connectivity index is 1.47. The molecule has 0 aliphatic rings. The maximum absolute atomic E-state index is 13.0. The van der Waals surface area contributed by atoms with Gasteiger partial charge in [-0.1, -0.05) is 54.6 Å². The number of carbonyl (C=O) groups excluding carboxylic acids is 3. The van der Waals surface area contributed by atoms with E-state index in [1.54, 1.807) is 23.6 Å². The normalized spacial score (nSPS) is 11.5. The molecule has 0 saturated heterocycles. The van der Waals surface area contributed by atoms with Gasteiger partial charge in [0.15, 0.2) is 0 Å². The van der Waals surface area contributed by atoms with Crippen molar-refractivity contribution in [1.29, 1.82) is 0 Å². The fourth-order valence-electron chi connectivity index (χ4n) is 3.94. The molecule has 2 aromatic heterocycles. The molecule has 0 aliphatic heterocycles. The fraction of sp³-hybridized carbons (Fsp3) is 0.148. The van der Waals surface area contributed by atoms with Gasteiger partial charge in [0.2, 0.25) is 0 Å². The number of benzene rings is 2. The highest BCUT2D eigenvalue weighted by molar-refractivity contribution is 7.12. The number of rotatable bonds is 7. The Morgan fingerprint density at radius 3 is 2.20 bits per heavy atom. The standard InChI is InChI=1S/C27H26N4O3S/c1-18-16-22(19(2)31(18)21-12-7-4-8-13-21)25(32)29-30-26(33)23(17-20-10-5-3-6-11-20)28-27(34)24-14-9-15-35-24/h3-16,23H,17H2,1-2H3,(H,28,34)(H,29,32)(H,30,33)/t23-/m0/s1. The van der Waals surface area contributed by atoms with E-state index in [1.807, 2.05) is 79.1 Å². The smallest absolute Gasteiger partial charge is 0.271 e. The molecule has 8 heteroatoms. The first-order valence-electron chi connectivity index (χ1n) is 11.2. The summed E-state index contributed by atoms with van der Waals surface area (Å²) in [6, 6.07) is 23.5. The molecule has 178 valence electrons. The van der Waals surface area contributed by atoms with Crippen LogP contribution in [0.1, 0.15) is 37.0 Å². The maximum atomic E-state index is 13.0. The molecule has 3 N–H and O–H groups in total. The number of para-hydroxylation sites is 1. The number of aryl methyl sites for hydroxylation is 1. The summed E-state index contributed by atoms with van der Waals surface area (Å²) in [7, 11) is 0. The van der Waals surface area contributed by atoms with E-state index in [4.69, 9.17) is 0 Å². The average molecular weight is 487 g/mol. The molecule has 35 heavy (non-hydrogen) atoms. The van der Waals surface area contributed by atoms with Crippen LogP contribution in [0.25, 0.3) is 5.69 Å². The molecule has 1 atom stereocenters. The van der Waals surface area contributed by atoms with Crippen molar-refractivity contribution in [3.8, 4) is 5.69 Å². The highest BCUT2D eigenvalue weighted by Crippen LogP contribution is 2.20. The van der Waals surface area contributed by atoms with Crippen molar-refractivity contribution in [2.75, 3.05) is 0 Å². The Morgan fingerprint density at radius 2 is 1.54 bits per heavy atom. The second kappa shape index (κ2) is 10.8. The summed E-state index contributed by atoms with van der Waals surface area (Å²) >= 11 is 1.29. The van der Waals surface area contributed by atoms with Crippen LogP contribution in [0.3, 0.4) is 0 Å². The maximum Gasteiger partial charge on any atom is 0.271 e. The first-order valence-corrected chi connectivity index (χ1v) is 12.0. The highest BCUT2D eigenvalue weighted by Gasteiger charge is 2.24. The van der Waals surface area contributed by atoms with Crippen LogP contribution in [0, 0.1) is 13.8 Å². The molecule has 0 saturated carbocycles. The lowest BCUT2D eigenvalue weighted by Crippen LogP contribution is -2.53. The minimum absolute atomic E-state index is 0.280. The van der Waals surface area contributed by atoms with Crippen LogP contribution >= 0.6 is 11.3 Å². The van der Waals surface area contributed by atoms with Gasteiger partial charge < -0.3 is 9.88 Å². The van der Waals surface area contributed by atoms with E-state index in [2.05, 4.69) is 16.2 Å². The van der Waals surface area contributed by atoms with E-state index in [1.165, 1.54) is 11.3 Å². The Morgan fingerprint density at radius 1 is 0.857 bits per heavy atom. The summed E-state index contributed by atoms with van der Waals surface area (Å²) in [6.07, 6.45) is 0.280. The van der Waals surface area contributed by atoms with Crippen molar-refractivity contribution in [3.63, 3.8) is 0 Å². The van der Waals surface area contributed by atoms with Gasteiger partial charge in [-0.15, -0.1) is 11.3 Å². The number of hydrogen-bond donors (Lipinski definition) is 3. The number of aromatic nitrogens is 1. The average Bonchev–Trinajstić information content (AvgIpc) is 3.51. The summed E-state index contributed by atoms with van der Waals surface area (Å²) in [5.74, 6) is -1.28. The molecule has 0 aliphatic carbocycles. The number of nitrogens with zero attached hydrogens (tertiary/aromatic N) is 1. The minimum atomic E-state index is -0.871. The SMILES string of the molecule is Cc1cc(C(=O)NNC(=O)[C@H](Cc2ccccc2)NC(=O)c2cccs2)c(C)n1-c1ccccc1. The van der Waals surface area contributed by atoms with Crippen LogP contribution in [0.4, 0.5) is 0 Å². The Hall–Kier alpha value is -4.17.